The van der Waals surface area contributed by atoms with Crippen LogP contribution in [-0.2, 0) is 0 Å². The van der Waals surface area contributed by atoms with Crippen LogP contribution in [0, 0.1) is 0 Å². The fourth-order valence-electron chi connectivity index (χ4n) is 3.87. The summed E-state index contributed by atoms with van der Waals surface area (Å²) >= 11 is 0. The number of carbonyl (C=O) groups is 1. The van der Waals surface area contributed by atoms with Gasteiger partial charge in [-0.25, -0.2) is 9.97 Å². The van der Waals surface area contributed by atoms with E-state index in [1.165, 1.54) is 0 Å². The number of pyridine rings is 1. The highest BCUT2D eigenvalue weighted by Gasteiger charge is 2.26. The molecule has 1 saturated heterocycles. The second-order valence-electron chi connectivity index (χ2n) is 8.43. The first kappa shape index (κ1) is 22.7. The SMILES string of the molecule is CN(C)CCOc1ccc(C(=O)N2CCC[C@H](c3cccc(Nc4cnccn4)n3)C2)cc1. The van der Waals surface area contributed by atoms with Gasteiger partial charge >= 0.3 is 0 Å². The summed E-state index contributed by atoms with van der Waals surface area (Å²) in [5.41, 5.74) is 1.66. The predicted molar refractivity (Wildman–Crippen MR) is 128 cm³/mol. The van der Waals surface area contributed by atoms with Crippen LogP contribution in [0.5, 0.6) is 5.75 Å². The lowest BCUT2D eigenvalue weighted by molar-refractivity contribution is 0.0706. The Bertz CT molecular complexity index is 1040. The first-order valence-electron chi connectivity index (χ1n) is 11.3. The van der Waals surface area contributed by atoms with E-state index in [2.05, 4.69) is 20.2 Å². The number of aromatic nitrogens is 3. The fourth-order valence-corrected chi connectivity index (χ4v) is 3.87. The number of amides is 1. The van der Waals surface area contributed by atoms with Crippen molar-refractivity contribution in [1.82, 2.24) is 24.8 Å². The number of nitrogens with one attached hydrogen (secondary N) is 1. The van der Waals surface area contributed by atoms with Crippen LogP contribution in [0.25, 0.3) is 0 Å². The standard InChI is InChI=1S/C25H30N6O2/c1-30(2)15-16-33-21-10-8-19(9-11-21)25(32)31-14-4-5-20(18-31)22-6-3-7-23(28-22)29-24-17-26-12-13-27-24/h3,6-13,17,20H,4-5,14-16,18H2,1-2H3,(H,27,28,29)/t20-/m0/s1. The third-order valence-electron chi connectivity index (χ3n) is 5.63. The molecule has 0 bridgehead atoms. The van der Waals surface area contributed by atoms with E-state index >= 15 is 0 Å². The molecule has 0 radical (unpaired) electrons. The van der Waals surface area contributed by atoms with Gasteiger partial charge in [0.15, 0.2) is 0 Å². The Hall–Kier alpha value is -3.52. The molecule has 3 heterocycles. The number of nitrogens with zero attached hydrogens (tertiary/aromatic N) is 5. The Morgan fingerprint density at radius 3 is 2.76 bits per heavy atom. The maximum Gasteiger partial charge on any atom is 0.253 e. The van der Waals surface area contributed by atoms with Crippen molar-refractivity contribution in [2.24, 2.45) is 0 Å². The average Bonchev–Trinajstić information content (AvgIpc) is 2.85. The van der Waals surface area contributed by atoms with Gasteiger partial charge in [0.2, 0.25) is 0 Å². The smallest absolute Gasteiger partial charge is 0.253 e. The minimum atomic E-state index is 0.0494. The van der Waals surface area contributed by atoms with Gasteiger partial charge in [0.05, 0.1) is 6.20 Å². The van der Waals surface area contributed by atoms with Gasteiger partial charge in [-0.05, 0) is 63.3 Å². The molecule has 8 nitrogen and oxygen atoms in total. The number of hydrogen-bond acceptors (Lipinski definition) is 7. The van der Waals surface area contributed by atoms with Crippen LogP contribution in [0.15, 0.2) is 61.1 Å². The fraction of sp³-hybridized carbons (Fsp3) is 0.360. The molecule has 1 aliphatic rings. The molecular weight excluding hydrogens is 416 g/mol. The molecule has 4 rings (SSSR count). The van der Waals surface area contributed by atoms with Crippen molar-refractivity contribution in [1.29, 1.82) is 0 Å². The van der Waals surface area contributed by atoms with Crippen molar-refractivity contribution < 1.29 is 9.53 Å². The lowest BCUT2D eigenvalue weighted by atomic mass is 9.93. The maximum atomic E-state index is 13.1. The summed E-state index contributed by atoms with van der Waals surface area (Å²) < 4.78 is 5.74. The lowest BCUT2D eigenvalue weighted by Crippen LogP contribution is -2.39. The average molecular weight is 447 g/mol. The second-order valence-corrected chi connectivity index (χ2v) is 8.43. The van der Waals surface area contributed by atoms with Crippen LogP contribution in [0.4, 0.5) is 11.6 Å². The molecule has 1 aromatic carbocycles. The largest absolute Gasteiger partial charge is 0.492 e. The van der Waals surface area contributed by atoms with Crippen LogP contribution in [0.3, 0.4) is 0 Å². The monoisotopic (exact) mass is 446 g/mol. The van der Waals surface area contributed by atoms with Crippen molar-refractivity contribution in [3.8, 4) is 5.75 Å². The molecule has 2 aromatic heterocycles. The number of rotatable bonds is 8. The maximum absolute atomic E-state index is 13.1. The number of carbonyl (C=O) groups excluding carboxylic acids is 1. The van der Waals surface area contributed by atoms with E-state index in [0.29, 0.717) is 24.5 Å². The van der Waals surface area contributed by atoms with Gasteiger partial charge in [-0.1, -0.05) is 6.07 Å². The van der Waals surface area contributed by atoms with E-state index in [-0.39, 0.29) is 11.8 Å². The summed E-state index contributed by atoms with van der Waals surface area (Å²) in [5.74, 6) is 2.40. The van der Waals surface area contributed by atoms with E-state index in [1.807, 2.05) is 61.5 Å². The van der Waals surface area contributed by atoms with Crippen molar-refractivity contribution >= 4 is 17.5 Å². The molecule has 0 aliphatic carbocycles. The quantitative estimate of drug-likeness (QED) is 0.566. The number of likely N-dealkylation sites (N-methyl/N-ethyl adjacent to an activating group) is 1. The summed E-state index contributed by atoms with van der Waals surface area (Å²) in [6.07, 6.45) is 6.89. The Morgan fingerprint density at radius 1 is 1.15 bits per heavy atom. The number of piperidine rings is 1. The van der Waals surface area contributed by atoms with E-state index in [4.69, 9.17) is 9.72 Å². The van der Waals surface area contributed by atoms with Gasteiger partial charge in [0, 0.05) is 49.2 Å². The van der Waals surface area contributed by atoms with Gasteiger partial charge in [-0.3, -0.25) is 9.78 Å². The van der Waals surface area contributed by atoms with Gasteiger partial charge in [-0.2, -0.15) is 0 Å². The Labute approximate surface area is 194 Å². The minimum absolute atomic E-state index is 0.0494. The molecule has 1 amide bonds. The molecule has 33 heavy (non-hydrogen) atoms. The number of hydrogen-bond donors (Lipinski definition) is 1. The number of ether oxygens (including phenoxy) is 1. The third kappa shape index (κ3) is 6.26. The molecule has 1 aliphatic heterocycles. The molecule has 0 unspecified atom stereocenters. The van der Waals surface area contributed by atoms with Gasteiger partial charge < -0.3 is 19.9 Å². The molecule has 3 aromatic rings. The number of likely N-dealkylation sites (tertiary alicyclic amines) is 1. The molecule has 1 fully saturated rings. The Kier molecular flexibility index (Phi) is 7.47. The summed E-state index contributed by atoms with van der Waals surface area (Å²) in [5, 5.41) is 3.19. The van der Waals surface area contributed by atoms with Crippen LogP contribution >= 0.6 is 0 Å². The van der Waals surface area contributed by atoms with Crippen LogP contribution < -0.4 is 10.1 Å². The van der Waals surface area contributed by atoms with Crippen LogP contribution in [0.1, 0.15) is 34.8 Å². The number of benzene rings is 1. The summed E-state index contributed by atoms with van der Waals surface area (Å²) in [6, 6.07) is 13.4. The van der Waals surface area contributed by atoms with Crippen molar-refractivity contribution in [3.05, 3.63) is 72.3 Å². The normalized spacial score (nSPS) is 16.0. The zero-order valence-electron chi connectivity index (χ0n) is 19.1. The summed E-state index contributed by atoms with van der Waals surface area (Å²) in [4.78, 5) is 30.2. The van der Waals surface area contributed by atoms with E-state index < -0.39 is 0 Å². The lowest BCUT2D eigenvalue weighted by Gasteiger charge is -2.32. The molecule has 8 heteroatoms. The highest BCUT2D eigenvalue weighted by atomic mass is 16.5. The molecule has 1 N–H and O–H groups in total. The van der Waals surface area contributed by atoms with Crippen molar-refractivity contribution in [3.63, 3.8) is 0 Å². The predicted octanol–water partition coefficient (Wildman–Crippen LogP) is 3.58. The van der Waals surface area contributed by atoms with Crippen LogP contribution in [-0.4, -0.2) is 71.0 Å². The summed E-state index contributed by atoms with van der Waals surface area (Å²) in [6.45, 7) is 2.88. The Balaban J connectivity index is 1.38. The first-order chi connectivity index (χ1) is 16.1. The van der Waals surface area contributed by atoms with E-state index in [9.17, 15) is 4.79 Å². The zero-order chi connectivity index (χ0) is 23.0. The molecule has 1 atom stereocenters. The van der Waals surface area contributed by atoms with E-state index in [0.717, 1.165) is 43.2 Å². The van der Waals surface area contributed by atoms with E-state index in [1.54, 1.807) is 18.6 Å². The van der Waals surface area contributed by atoms with Gasteiger partial charge in [-0.15, -0.1) is 0 Å². The second kappa shape index (κ2) is 10.9. The molecular formula is C25H30N6O2. The topological polar surface area (TPSA) is 83.5 Å². The highest BCUT2D eigenvalue weighted by Crippen LogP contribution is 2.28. The van der Waals surface area contributed by atoms with Crippen molar-refractivity contribution in [2.75, 3.05) is 45.7 Å². The zero-order valence-corrected chi connectivity index (χ0v) is 19.1. The van der Waals surface area contributed by atoms with Gasteiger partial charge in [0.1, 0.15) is 24.0 Å². The Morgan fingerprint density at radius 2 is 2.00 bits per heavy atom. The molecule has 0 saturated carbocycles. The minimum Gasteiger partial charge on any atom is -0.492 e. The van der Waals surface area contributed by atoms with Crippen LogP contribution in [0.2, 0.25) is 0 Å². The summed E-state index contributed by atoms with van der Waals surface area (Å²) in [7, 11) is 4.02. The first-order valence-corrected chi connectivity index (χ1v) is 11.3. The number of anilines is 2. The van der Waals surface area contributed by atoms with Crippen molar-refractivity contribution in [2.45, 2.75) is 18.8 Å². The molecule has 172 valence electrons. The molecule has 0 spiro atoms. The third-order valence-corrected chi connectivity index (χ3v) is 5.63. The van der Waals surface area contributed by atoms with Gasteiger partial charge in [0.25, 0.3) is 5.91 Å². The highest BCUT2D eigenvalue weighted by molar-refractivity contribution is 5.94.